The Morgan fingerprint density at radius 1 is 1.41 bits per heavy atom. The molecule has 0 aliphatic carbocycles. The molecule has 1 aromatic carbocycles. The second-order valence-corrected chi connectivity index (χ2v) is 8.51. The van der Waals surface area contributed by atoms with E-state index < -0.39 is 6.10 Å². The van der Waals surface area contributed by atoms with E-state index in [1.165, 1.54) is 0 Å². The first-order valence-electron chi connectivity index (χ1n) is 7.57. The number of halogens is 1. The van der Waals surface area contributed by atoms with E-state index in [0.29, 0.717) is 23.7 Å². The normalized spacial score (nSPS) is 12.8. The van der Waals surface area contributed by atoms with Crippen LogP contribution in [0.3, 0.4) is 0 Å². The lowest BCUT2D eigenvalue weighted by Crippen LogP contribution is -2.39. The lowest BCUT2D eigenvalue weighted by Gasteiger charge is -2.20. The Labute approximate surface area is 143 Å². The summed E-state index contributed by atoms with van der Waals surface area (Å²) in [6, 6.07) is 5.44. The van der Waals surface area contributed by atoms with Crippen molar-refractivity contribution in [2.75, 3.05) is 12.3 Å². The molecule has 3 nitrogen and oxygen atoms in total. The van der Waals surface area contributed by atoms with Crippen molar-refractivity contribution < 1.29 is 9.53 Å². The summed E-state index contributed by atoms with van der Waals surface area (Å²) >= 11 is 7.83. The first-order valence-corrected chi connectivity index (χ1v) is 8.93. The molecule has 0 aliphatic rings. The molecule has 0 spiro atoms. The second-order valence-electron chi connectivity index (χ2n) is 6.18. The van der Waals surface area contributed by atoms with E-state index in [1.54, 1.807) is 12.1 Å². The van der Waals surface area contributed by atoms with Crippen molar-refractivity contribution in [2.24, 2.45) is 0 Å². The first kappa shape index (κ1) is 19.2. The molecule has 0 fully saturated rings. The number of hydrogen-bond donors (Lipinski definition) is 1. The van der Waals surface area contributed by atoms with Crippen molar-refractivity contribution in [3.63, 3.8) is 0 Å². The Morgan fingerprint density at radius 2 is 2.09 bits per heavy atom. The summed E-state index contributed by atoms with van der Waals surface area (Å²) in [7, 11) is 0. The minimum atomic E-state index is -0.472. The molecule has 0 aliphatic heterocycles. The van der Waals surface area contributed by atoms with E-state index >= 15 is 0 Å². The molecular weight excluding hydrogens is 318 g/mol. The van der Waals surface area contributed by atoms with E-state index in [1.807, 2.05) is 31.7 Å². The van der Waals surface area contributed by atoms with Crippen LogP contribution in [-0.2, 0) is 4.79 Å². The highest BCUT2D eigenvalue weighted by Crippen LogP contribution is 2.23. The van der Waals surface area contributed by atoms with Gasteiger partial charge in [0.2, 0.25) is 0 Å². The SMILES string of the molecule is CC[C@H](Oc1ccc(Cl)c(C)c1)C(=O)NCCSC(C)(C)C. The number of thioether (sulfide) groups is 1. The van der Waals surface area contributed by atoms with E-state index in [2.05, 4.69) is 26.1 Å². The Hall–Kier alpha value is -0.870. The fourth-order valence-electron chi connectivity index (χ4n) is 1.82. The summed E-state index contributed by atoms with van der Waals surface area (Å²) in [5.41, 5.74) is 0.941. The predicted octanol–water partition coefficient (Wildman–Crippen LogP) is 4.45. The van der Waals surface area contributed by atoms with Crippen LogP contribution in [0.1, 0.15) is 39.7 Å². The third-order valence-corrected chi connectivity index (χ3v) is 4.71. The number of amides is 1. The molecular formula is C17H26ClNO2S. The van der Waals surface area contributed by atoms with Gasteiger partial charge >= 0.3 is 0 Å². The lowest BCUT2D eigenvalue weighted by molar-refractivity contribution is -0.127. The van der Waals surface area contributed by atoms with E-state index in [-0.39, 0.29) is 10.7 Å². The quantitative estimate of drug-likeness (QED) is 0.743. The molecule has 1 amide bonds. The average molecular weight is 344 g/mol. The summed E-state index contributed by atoms with van der Waals surface area (Å²) < 4.78 is 6.00. The Balaban J connectivity index is 2.49. The van der Waals surface area contributed by atoms with Crippen molar-refractivity contribution in [2.45, 2.75) is 51.9 Å². The molecule has 1 rings (SSSR count). The third-order valence-electron chi connectivity index (χ3n) is 3.01. The Bertz CT molecular complexity index is 500. The molecule has 0 saturated carbocycles. The molecule has 1 aromatic rings. The van der Waals surface area contributed by atoms with E-state index in [4.69, 9.17) is 16.3 Å². The van der Waals surface area contributed by atoms with Crippen molar-refractivity contribution in [3.8, 4) is 5.75 Å². The smallest absolute Gasteiger partial charge is 0.261 e. The van der Waals surface area contributed by atoms with Gasteiger partial charge in [-0.3, -0.25) is 4.79 Å². The molecule has 1 atom stereocenters. The van der Waals surface area contributed by atoms with Crippen LogP contribution >= 0.6 is 23.4 Å². The van der Waals surface area contributed by atoms with Gasteiger partial charge in [-0.05, 0) is 37.1 Å². The van der Waals surface area contributed by atoms with E-state index in [0.717, 1.165) is 11.3 Å². The van der Waals surface area contributed by atoms with Gasteiger partial charge < -0.3 is 10.1 Å². The number of hydrogen-bond acceptors (Lipinski definition) is 3. The largest absolute Gasteiger partial charge is 0.481 e. The molecule has 0 unspecified atom stereocenters. The van der Waals surface area contributed by atoms with Crippen molar-refractivity contribution >= 4 is 29.3 Å². The van der Waals surface area contributed by atoms with Crippen LogP contribution in [0.25, 0.3) is 0 Å². The molecule has 0 heterocycles. The van der Waals surface area contributed by atoms with Crippen LogP contribution in [0.5, 0.6) is 5.75 Å². The van der Waals surface area contributed by atoms with Crippen molar-refractivity contribution in [3.05, 3.63) is 28.8 Å². The van der Waals surface area contributed by atoms with Gasteiger partial charge in [0.25, 0.3) is 5.91 Å². The van der Waals surface area contributed by atoms with Crippen LogP contribution in [0.15, 0.2) is 18.2 Å². The number of carbonyl (C=O) groups is 1. The summed E-state index contributed by atoms with van der Waals surface area (Å²) in [5.74, 6) is 1.50. The van der Waals surface area contributed by atoms with Crippen molar-refractivity contribution in [1.82, 2.24) is 5.32 Å². The number of nitrogens with one attached hydrogen (secondary N) is 1. The fourth-order valence-corrected chi connectivity index (χ4v) is 2.76. The van der Waals surface area contributed by atoms with Crippen LogP contribution < -0.4 is 10.1 Å². The summed E-state index contributed by atoms with van der Waals surface area (Å²) in [6.07, 6.45) is 0.153. The topological polar surface area (TPSA) is 38.3 Å². The Morgan fingerprint density at radius 3 is 2.64 bits per heavy atom. The van der Waals surface area contributed by atoms with Crippen LogP contribution in [0.2, 0.25) is 5.02 Å². The van der Waals surface area contributed by atoms with Gasteiger partial charge in [-0.1, -0.05) is 39.3 Å². The fraction of sp³-hybridized carbons (Fsp3) is 0.588. The number of aryl methyl sites for hydroxylation is 1. The highest BCUT2D eigenvalue weighted by atomic mass is 35.5. The van der Waals surface area contributed by atoms with Gasteiger partial charge in [-0.25, -0.2) is 0 Å². The molecule has 5 heteroatoms. The standard InChI is InChI=1S/C17H26ClNO2S/c1-6-15(16(20)19-9-10-22-17(3,4)5)21-13-7-8-14(18)12(2)11-13/h7-8,11,15H,6,9-10H2,1-5H3,(H,19,20)/t15-/m0/s1. The molecule has 0 bridgehead atoms. The summed E-state index contributed by atoms with van der Waals surface area (Å²) in [5, 5.41) is 3.64. The minimum absolute atomic E-state index is 0.0652. The number of carbonyl (C=O) groups excluding carboxylic acids is 1. The number of benzene rings is 1. The predicted molar refractivity (Wildman–Crippen MR) is 96.1 cm³/mol. The number of rotatable bonds is 7. The van der Waals surface area contributed by atoms with Crippen LogP contribution in [-0.4, -0.2) is 29.1 Å². The highest BCUT2D eigenvalue weighted by Gasteiger charge is 2.18. The summed E-state index contributed by atoms with van der Waals surface area (Å²) in [4.78, 5) is 12.2. The minimum Gasteiger partial charge on any atom is -0.481 e. The number of ether oxygens (including phenoxy) is 1. The van der Waals surface area contributed by atoms with Gasteiger partial charge in [0.15, 0.2) is 6.10 Å². The van der Waals surface area contributed by atoms with E-state index in [9.17, 15) is 4.79 Å². The zero-order valence-corrected chi connectivity index (χ0v) is 15.6. The van der Waals surface area contributed by atoms with Gasteiger partial charge in [-0.15, -0.1) is 0 Å². The second kappa shape index (κ2) is 8.68. The molecule has 0 aromatic heterocycles. The maximum absolute atomic E-state index is 12.2. The molecule has 124 valence electrons. The van der Waals surface area contributed by atoms with Gasteiger partial charge in [-0.2, -0.15) is 11.8 Å². The van der Waals surface area contributed by atoms with Gasteiger partial charge in [0, 0.05) is 22.1 Å². The molecule has 1 N–H and O–H groups in total. The summed E-state index contributed by atoms with van der Waals surface area (Å²) in [6.45, 7) is 11.0. The van der Waals surface area contributed by atoms with Gasteiger partial charge in [0.1, 0.15) is 5.75 Å². The average Bonchev–Trinajstić information content (AvgIpc) is 2.43. The molecule has 0 saturated heterocycles. The maximum Gasteiger partial charge on any atom is 0.261 e. The zero-order valence-electron chi connectivity index (χ0n) is 14.0. The Kier molecular flexibility index (Phi) is 7.57. The lowest BCUT2D eigenvalue weighted by atomic mass is 10.2. The zero-order chi connectivity index (χ0) is 16.8. The maximum atomic E-state index is 12.2. The molecule has 0 radical (unpaired) electrons. The van der Waals surface area contributed by atoms with Crippen LogP contribution in [0, 0.1) is 6.92 Å². The highest BCUT2D eigenvalue weighted by molar-refractivity contribution is 8.00. The first-order chi connectivity index (χ1) is 10.2. The van der Waals surface area contributed by atoms with Crippen LogP contribution in [0.4, 0.5) is 0 Å². The third kappa shape index (κ3) is 6.93. The van der Waals surface area contributed by atoms with Gasteiger partial charge in [0.05, 0.1) is 0 Å². The molecule has 22 heavy (non-hydrogen) atoms. The monoisotopic (exact) mass is 343 g/mol. The van der Waals surface area contributed by atoms with Crippen molar-refractivity contribution in [1.29, 1.82) is 0 Å².